The molecule has 0 aliphatic carbocycles. The summed E-state index contributed by atoms with van der Waals surface area (Å²) in [6.45, 7) is 44.6. The highest BCUT2D eigenvalue weighted by atomic mass is 28.4. The van der Waals surface area contributed by atoms with Crippen LogP contribution in [0.5, 0.6) is 23.0 Å². The first-order chi connectivity index (χ1) is 25.3. The second-order valence-corrected chi connectivity index (χ2v) is 39.2. The molecule has 8 heteroatoms. The Hall–Kier alpha value is -4.13. The molecule has 0 amide bonds. The van der Waals surface area contributed by atoms with E-state index in [4.69, 9.17) is 17.7 Å². The fourth-order valence-electron chi connectivity index (χ4n) is 3.77. The Balaban J connectivity index is 2.30. The molecule has 2 aromatic rings. The lowest BCUT2D eigenvalue weighted by Gasteiger charge is -2.38. The van der Waals surface area contributed by atoms with Gasteiger partial charge >= 0.3 is 0 Å². The van der Waals surface area contributed by atoms with Crippen LogP contribution in [0.15, 0.2) is 36.4 Å². The fourth-order valence-corrected chi connectivity index (χ4v) is 7.82. The lowest BCUT2D eigenvalue weighted by Crippen LogP contribution is -2.44. The van der Waals surface area contributed by atoms with E-state index in [1.54, 1.807) is 0 Å². The maximum atomic E-state index is 6.64. The van der Waals surface area contributed by atoms with Crippen molar-refractivity contribution in [1.29, 1.82) is 0 Å². The predicted octanol–water partition coefficient (Wildman–Crippen LogP) is 12.6. The third-order valence-electron chi connectivity index (χ3n) is 11.5. The molecule has 0 atom stereocenters. The Morgan fingerprint density at radius 3 is 0.661 bits per heavy atom. The van der Waals surface area contributed by atoms with Gasteiger partial charge in [-0.2, -0.15) is 0 Å². The first-order valence-corrected chi connectivity index (χ1v) is 31.0. The van der Waals surface area contributed by atoms with Crippen molar-refractivity contribution in [2.45, 2.75) is 156 Å². The first-order valence-electron chi connectivity index (χ1n) is 19.3. The normalized spacial score (nSPS) is 12.1. The standard InChI is InChI=1S/C48H66O4Si4/c1-45(2,3)53(13,14)49-41-33-39(34-42(37-41)50-54(15,16)46(4,5)6)31-29-27-25-23-21-22-24-26-28-30-32-40-35-43(51-55(17,18)47(7,8)9)38-44(36-40)52-56(19,20)48(10,11)12/h33-38H,1-20H3. The van der Waals surface area contributed by atoms with E-state index >= 15 is 0 Å². The summed E-state index contributed by atoms with van der Waals surface area (Å²) in [5.74, 6) is 37.2. The second kappa shape index (κ2) is 18.0. The van der Waals surface area contributed by atoms with E-state index in [2.05, 4.69) is 207 Å². The molecule has 2 aromatic carbocycles. The molecule has 0 N–H and O–H groups in total. The average Bonchev–Trinajstić information content (AvgIpc) is 2.98. The van der Waals surface area contributed by atoms with Crippen LogP contribution in [0.1, 0.15) is 94.2 Å². The van der Waals surface area contributed by atoms with Gasteiger partial charge in [0.15, 0.2) is 0 Å². The molecule has 56 heavy (non-hydrogen) atoms. The van der Waals surface area contributed by atoms with Crippen LogP contribution in [-0.2, 0) is 0 Å². The van der Waals surface area contributed by atoms with E-state index in [0.29, 0.717) is 0 Å². The smallest absolute Gasteiger partial charge is 0.250 e. The van der Waals surface area contributed by atoms with Crippen molar-refractivity contribution in [1.82, 2.24) is 0 Å². The van der Waals surface area contributed by atoms with Crippen LogP contribution < -0.4 is 17.7 Å². The lowest BCUT2D eigenvalue weighted by atomic mass is 10.2. The maximum absolute atomic E-state index is 6.64. The van der Waals surface area contributed by atoms with Gasteiger partial charge in [-0.3, -0.25) is 0 Å². The van der Waals surface area contributed by atoms with Gasteiger partial charge in [0.25, 0.3) is 0 Å². The van der Waals surface area contributed by atoms with E-state index in [-0.39, 0.29) is 20.2 Å². The van der Waals surface area contributed by atoms with E-state index < -0.39 is 33.3 Å². The number of hydrogen-bond donors (Lipinski definition) is 0. The van der Waals surface area contributed by atoms with Crippen LogP contribution in [0.4, 0.5) is 0 Å². The van der Waals surface area contributed by atoms with Crippen molar-refractivity contribution >= 4 is 33.3 Å². The highest BCUT2D eigenvalue weighted by Crippen LogP contribution is 2.42. The van der Waals surface area contributed by atoms with Crippen LogP contribution >= 0.6 is 0 Å². The molecule has 0 fully saturated rings. The Morgan fingerprint density at radius 2 is 0.482 bits per heavy atom. The minimum Gasteiger partial charge on any atom is -0.543 e. The monoisotopic (exact) mass is 818 g/mol. The zero-order chi connectivity index (χ0) is 43.0. The minimum atomic E-state index is -2.08. The molecule has 4 nitrogen and oxygen atoms in total. The summed E-state index contributed by atoms with van der Waals surface area (Å²) >= 11 is 0. The largest absolute Gasteiger partial charge is 0.543 e. The topological polar surface area (TPSA) is 36.9 Å². The molecule has 0 saturated heterocycles. The Bertz CT molecular complexity index is 1880. The summed E-state index contributed by atoms with van der Waals surface area (Å²) in [7, 11) is -8.30. The molecule has 0 aromatic heterocycles. The Labute approximate surface area is 346 Å². The Kier molecular flexibility index (Phi) is 15.4. The molecule has 0 unspecified atom stereocenters. The molecule has 0 bridgehead atoms. The zero-order valence-electron chi connectivity index (χ0n) is 38.1. The second-order valence-electron chi connectivity index (χ2n) is 20.3. The zero-order valence-corrected chi connectivity index (χ0v) is 42.1. The molecule has 0 saturated carbocycles. The molecule has 0 heterocycles. The van der Waals surface area contributed by atoms with Crippen LogP contribution in [0.2, 0.25) is 72.5 Å². The molecular formula is C48H66O4Si4. The fraction of sp³-hybridized carbons (Fsp3) is 0.500. The maximum Gasteiger partial charge on any atom is 0.250 e. The van der Waals surface area contributed by atoms with Crippen molar-refractivity contribution in [3.05, 3.63) is 47.5 Å². The molecule has 0 spiro atoms. The van der Waals surface area contributed by atoms with Gasteiger partial charge in [-0.25, -0.2) is 0 Å². The molecule has 0 radical (unpaired) electrons. The molecule has 2 rings (SSSR count). The lowest BCUT2D eigenvalue weighted by molar-refractivity contribution is 0.474. The third kappa shape index (κ3) is 14.4. The predicted molar refractivity (Wildman–Crippen MR) is 249 cm³/mol. The van der Waals surface area contributed by atoms with Crippen molar-refractivity contribution in [3.63, 3.8) is 0 Å². The summed E-state index contributed by atoms with van der Waals surface area (Å²) in [5.41, 5.74) is 1.56. The van der Waals surface area contributed by atoms with E-state index in [1.165, 1.54) is 0 Å². The van der Waals surface area contributed by atoms with Crippen LogP contribution in [-0.4, -0.2) is 33.3 Å². The van der Waals surface area contributed by atoms with Crippen molar-refractivity contribution in [3.8, 4) is 94.0 Å². The molecule has 298 valence electrons. The van der Waals surface area contributed by atoms with Gasteiger partial charge in [0, 0.05) is 23.3 Å². The summed E-state index contributed by atoms with van der Waals surface area (Å²) < 4.78 is 26.6. The highest BCUT2D eigenvalue weighted by molar-refractivity contribution is 6.76. The quantitative estimate of drug-likeness (QED) is 0.196. The highest BCUT2D eigenvalue weighted by Gasteiger charge is 2.42. The summed E-state index contributed by atoms with van der Waals surface area (Å²) in [5, 5.41) is 0.219. The number of benzene rings is 2. The number of hydrogen-bond acceptors (Lipinski definition) is 4. The van der Waals surface area contributed by atoms with Crippen molar-refractivity contribution < 1.29 is 17.7 Å². The SMILES string of the molecule is CC(C)(C)[Si](C)(C)Oc1cc(C#CC#CC#CC#CC#CC#Cc2cc(O[Si](C)(C)C(C)(C)C)cc(O[Si](C)(C)C(C)(C)C)c2)cc(O[Si](C)(C)C(C)(C)C)c1. The molecule has 0 aliphatic rings. The summed E-state index contributed by atoms with van der Waals surface area (Å²) in [6, 6.07) is 11.9. The average molecular weight is 819 g/mol. The van der Waals surface area contributed by atoms with Gasteiger partial charge in [0.05, 0.1) is 0 Å². The summed E-state index contributed by atoms with van der Waals surface area (Å²) in [4.78, 5) is 0. The van der Waals surface area contributed by atoms with Crippen LogP contribution in [0, 0.1) is 71.0 Å². The first kappa shape index (κ1) is 48.0. The van der Waals surface area contributed by atoms with Crippen molar-refractivity contribution in [2.24, 2.45) is 0 Å². The minimum absolute atomic E-state index is 0.0546. The third-order valence-corrected chi connectivity index (χ3v) is 28.9. The van der Waals surface area contributed by atoms with Crippen molar-refractivity contribution in [2.75, 3.05) is 0 Å². The molecule has 0 aliphatic heterocycles. The van der Waals surface area contributed by atoms with Gasteiger partial charge in [-0.05, 0) is 156 Å². The Morgan fingerprint density at radius 1 is 0.304 bits per heavy atom. The van der Waals surface area contributed by atoms with Gasteiger partial charge in [-0.1, -0.05) is 94.9 Å². The van der Waals surface area contributed by atoms with Crippen LogP contribution in [0.3, 0.4) is 0 Å². The van der Waals surface area contributed by atoms with E-state index in [9.17, 15) is 0 Å². The van der Waals surface area contributed by atoms with E-state index in [1.807, 2.05) is 36.4 Å². The summed E-state index contributed by atoms with van der Waals surface area (Å²) in [6.07, 6.45) is 0. The van der Waals surface area contributed by atoms with Crippen LogP contribution in [0.25, 0.3) is 0 Å². The molecular weight excluding hydrogens is 753 g/mol. The van der Waals surface area contributed by atoms with Gasteiger partial charge < -0.3 is 17.7 Å². The number of rotatable bonds is 8. The van der Waals surface area contributed by atoms with Gasteiger partial charge in [0.1, 0.15) is 23.0 Å². The van der Waals surface area contributed by atoms with E-state index in [0.717, 1.165) is 34.1 Å². The van der Waals surface area contributed by atoms with Gasteiger partial charge in [0.2, 0.25) is 33.3 Å². The van der Waals surface area contributed by atoms with Gasteiger partial charge in [-0.15, -0.1) is 0 Å².